The molecule has 170 valence electrons. The van der Waals surface area contributed by atoms with Gasteiger partial charge in [-0.3, -0.25) is 9.59 Å². The summed E-state index contributed by atoms with van der Waals surface area (Å²) in [6, 6.07) is 7.84. The second-order valence-corrected chi connectivity index (χ2v) is 7.55. The van der Waals surface area contributed by atoms with Crippen LogP contribution in [0.3, 0.4) is 0 Å². The molecule has 9 heteroatoms. The largest absolute Gasteiger partial charge is 0.496 e. The van der Waals surface area contributed by atoms with E-state index in [0.29, 0.717) is 33.8 Å². The molecule has 0 spiro atoms. The molecule has 9 nitrogen and oxygen atoms in total. The van der Waals surface area contributed by atoms with Crippen molar-refractivity contribution in [3.8, 4) is 22.6 Å². The smallest absolute Gasteiger partial charge is 0.326 e. The van der Waals surface area contributed by atoms with Crippen molar-refractivity contribution in [2.45, 2.75) is 31.5 Å². The van der Waals surface area contributed by atoms with Gasteiger partial charge in [-0.2, -0.15) is 0 Å². The summed E-state index contributed by atoms with van der Waals surface area (Å²) in [7, 11) is 4.73. The van der Waals surface area contributed by atoms with Gasteiger partial charge in [-0.25, -0.2) is 4.79 Å². The molecule has 0 radical (unpaired) electrons. The molecule has 0 aromatic heterocycles. The quantitative estimate of drug-likeness (QED) is 0.563. The molecule has 0 aliphatic carbocycles. The van der Waals surface area contributed by atoms with Crippen LogP contribution < -0.4 is 25.4 Å². The molecule has 3 rings (SSSR count). The number of hydrogen-bond donors (Lipinski definition) is 4. The number of amides is 2. The highest BCUT2D eigenvalue weighted by atomic mass is 16.5. The van der Waals surface area contributed by atoms with Gasteiger partial charge >= 0.3 is 5.97 Å². The van der Waals surface area contributed by atoms with E-state index in [4.69, 9.17) is 9.47 Å². The summed E-state index contributed by atoms with van der Waals surface area (Å²) in [6.07, 6.45) is 0.0554. The van der Waals surface area contributed by atoms with Crippen LogP contribution in [0, 0.1) is 0 Å². The fourth-order valence-corrected chi connectivity index (χ4v) is 3.75. The topological polar surface area (TPSA) is 126 Å². The Bertz CT molecular complexity index is 1040. The molecule has 0 saturated heterocycles. The number of carboxylic acid groups (broad SMARTS) is 1. The van der Waals surface area contributed by atoms with Crippen LogP contribution in [0.5, 0.6) is 11.5 Å². The minimum atomic E-state index is -1.17. The minimum Gasteiger partial charge on any atom is -0.496 e. The van der Waals surface area contributed by atoms with Crippen molar-refractivity contribution < 1.29 is 29.0 Å². The molecule has 2 aromatic carbocycles. The van der Waals surface area contributed by atoms with Gasteiger partial charge < -0.3 is 30.5 Å². The number of benzene rings is 2. The van der Waals surface area contributed by atoms with Crippen molar-refractivity contribution in [2.75, 3.05) is 21.3 Å². The van der Waals surface area contributed by atoms with Crippen LogP contribution in [-0.4, -0.2) is 56.2 Å². The van der Waals surface area contributed by atoms with Crippen LogP contribution in [0.4, 0.5) is 0 Å². The van der Waals surface area contributed by atoms with Crippen LogP contribution in [0.15, 0.2) is 36.4 Å². The monoisotopic (exact) mass is 441 g/mol. The molecule has 2 unspecified atom stereocenters. The van der Waals surface area contributed by atoms with Crippen molar-refractivity contribution in [1.29, 1.82) is 0 Å². The SMILES string of the molecule is CNC1C(=O)N[C@@H](C)C(=O)NC(C(=O)O)Cc2ccc(OC)c(c2)-c2cc1ccc2OC. The van der Waals surface area contributed by atoms with E-state index in [1.807, 2.05) is 12.1 Å². The minimum absolute atomic E-state index is 0.0554. The van der Waals surface area contributed by atoms with Crippen molar-refractivity contribution in [1.82, 2.24) is 16.0 Å². The van der Waals surface area contributed by atoms with Gasteiger partial charge in [0.1, 0.15) is 29.6 Å². The fourth-order valence-electron chi connectivity index (χ4n) is 3.75. The lowest BCUT2D eigenvalue weighted by atomic mass is 9.94. The number of rotatable bonds is 4. The normalized spacial score (nSPS) is 21.1. The summed E-state index contributed by atoms with van der Waals surface area (Å²) in [5.41, 5.74) is 2.74. The maximum atomic E-state index is 12.9. The maximum absolute atomic E-state index is 12.9. The first-order valence-electron chi connectivity index (χ1n) is 10.1. The van der Waals surface area contributed by atoms with Gasteiger partial charge in [0.2, 0.25) is 11.8 Å². The number of hydrogen-bond acceptors (Lipinski definition) is 6. The van der Waals surface area contributed by atoms with Gasteiger partial charge in [-0.15, -0.1) is 0 Å². The molecule has 4 N–H and O–H groups in total. The van der Waals surface area contributed by atoms with E-state index in [2.05, 4.69) is 16.0 Å². The molecule has 1 aliphatic rings. The van der Waals surface area contributed by atoms with E-state index < -0.39 is 35.9 Å². The van der Waals surface area contributed by atoms with Gasteiger partial charge in [0.25, 0.3) is 0 Å². The molecule has 1 heterocycles. The molecule has 3 atom stereocenters. The maximum Gasteiger partial charge on any atom is 0.326 e. The number of ether oxygens (including phenoxy) is 2. The summed E-state index contributed by atoms with van der Waals surface area (Å²) in [5.74, 6) is -1.04. The molecule has 0 fully saturated rings. The lowest BCUT2D eigenvalue weighted by molar-refractivity contribution is -0.142. The molecule has 2 amide bonds. The van der Waals surface area contributed by atoms with E-state index in [-0.39, 0.29) is 6.42 Å². The zero-order valence-corrected chi connectivity index (χ0v) is 18.4. The number of aliphatic carboxylic acids is 1. The summed E-state index contributed by atoms with van der Waals surface area (Å²) in [4.78, 5) is 37.3. The highest BCUT2D eigenvalue weighted by molar-refractivity contribution is 5.92. The van der Waals surface area contributed by atoms with E-state index in [9.17, 15) is 19.5 Å². The molecule has 32 heavy (non-hydrogen) atoms. The highest BCUT2D eigenvalue weighted by Crippen LogP contribution is 2.39. The average molecular weight is 441 g/mol. The highest BCUT2D eigenvalue weighted by Gasteiger charge is 2.28. The number of carboxylic acids is 1. The fraction of sp³-hybridized carbons (Fsp3) is 0.348. The Morgan fingerprint density at radius 3 is 2.22 bits per heavy atom. The van der Waals surface area contributed by atoms with E-state index in [1.165, 1.54) is 6.92 Å². The standard InChI is InChI=1S/C23H27N3O6/c1-12-21(27)26-17(23(29)30)10-13-5-7-18(31-3)15(9-13)16-11-14(6-8-19(16)32-4)20(24-2)22(28)25-12/h5-9,11-12,17,20,24H,10H2,1-4H3,(H,25,28)(H,26,27)(H,29,30)/t12-,17?,20?/m0/s1. The zero-order valence-electron chi connectivity index (χ0n) is 18.4. The number of nitrogens with one attached hydrogen (secondary N) is 3. The summed E-state index contributed by atoms with van der Waals surface area (Å²) >= 11 is 0. The average Bonchev–Trinajstić information content (AvgIpc) is 2.78. The number of fused-ring (bicyclic) bond motifs is 5. The van der Waals surface area contributed by atoms with Crippen LogP contribution in [-0.2, 0) is 20.8 Å². The molecule has 2 aromatic rings. The second kappa shape index (κ2) is 9.69. The van der Waals surface area contributed by atoms with Gasteiger partial charge in [0, 0.05) is 17.5 Å². The molecule has 0 saturated carbocycles. The van der Waals surface area contributed by atoms with Crippen molar-refractivity contribution in [2.24, 2.45) is 0 Å². The van der Waals surface area contributed by atoms with Gasteiger partial charge in [0.05, 0.1) is 14.2 Å². The van der Waals surface area contributed by atoms with E-state index >= 15 is 0 Å². The van der Waals surface area contributed by atoms with Gasteiger partial charge in [0.15, 0.2) is 0 Å². The predicted octanol–water partition coefficient (Wildman–Crippen LogP) is 1.26. The lowest BCUT2D eigenvalue weighted by Gasteiger charge is -2.24. The predicted molar refractivity (Wildman–Crippen MR) is 118 cm³/mol. The number of methoxy groups -OCH3 is 2. The molecule has 1 aliphatic heterocycles. The van der Waals surface area contributed by atoms with Crippen LogP contribution in [0.1, 0.15) is 24.1 Å². The number of carbonyl (C=O) groups excluding carboxylic acids is 2. The molecule has 4 bridgehead atoms. The van der Waals surface area contributed by atoms with Crippen molar-refractivity contribution in [3.63, 3.8) is 0 Å². The first-order chi connectivity index (χ1) is 15.3. The summed E-state index contributed by atoms with van der Waals surface area (Å²) in [5, 5.41) is 17.8. The Labute approximate surface area is 186 Å². The van der Waals surface area contributed by atoms with Crippen LogP contribution in [0.25, 0.3) is 11.1 Å². The number of carbonyl (C=O) groups is 3. The first kappa shape index (κ1) is 23.1. The zero-order chi connectivity index (χ0) is 23.4. The Morgan fingerprint density at radius 1 is 1.00 bits per heavy atom. The third-order valence-corrected chi connectivity index (χ3v) is 5.47. The van der Waals surface area contributed by atoms with Crippen LogP contribution >= 0.6 is 0 Å². The lowest BCUT2D eigenvalue weighted by Crippen LogP contribution is -2.52. The van der Waals surface area contributed by atoms with E-state index in [1.54, 1.807) is 45.5 Å². The Kier molecular flexibility index (Phi) is 6.99. The summed E-state index contributed by atoms with van der Waals surface area (Å²) < 4.78 is 11.1. The third kappa shape index (κ3) is 4.67. The number of likely N-dealkylation sites (N-methyl/N-ethyl adjacent to an activating group) is 1. The van der Waals surface area contributed by atoms with Crippen LogP contribution in [0.2, 0.25) is 0 Å². The van der Waals surface area contributed by atoms with Gasteiger partial charge in [-0.1, -0.05) is 12.1 Å². The molecular formula is C23H27N3O6. The summed E-state index contributed by atoms with van der Waals surface area (Å²) in [6.45, 7) is 1.51. The van der Waals surface area contributed by atoms with Crippen molar-refractivity contribution in [3.05, 3.63) is 47.5 Å². The van der Waals surface area contributed by atoms with Gasteiger partial charge in [-0.05, 0) is 49.4 Å². The Hall–Kier alpha value is -3.59. The third-order valence-electron chi connectivity index (χ3n) is 5.47. The molecular weight excluding hydrogens is 414 g/mol. The van der Waals surface area contributed by atoms with Crippen molar-refractivity contribution >= 4 is 17.8 Å². The first-order valence-corrected chi connectivity index (χ1v) is 10.1. The Balaban J connectivity index is 2.24. The Morgan fingerprint density at radius 2 is 1.62 bits per heavy atom. The van der Waals surface area contributed by atoms with E-state index in [0.717, 1.165) is 0 Å². The second-order valence-electron chi connectivity index (χ2n) is 7.55.